The van der Waals surface area contributed by atoms with Crippen LogP contribution in [0.3, 0.4) is 0 Å². The van der Waals surface area contributed by atoms with E-state index in [0.717, 1.165) is 11.6 Å². The summed E-state index contributed by atoms with van der Waals surface area (Å²) in [6.45, 7) is 5.78. The van der Waals surface area contributed by atoms with E-state index in [2.05, 4.69) is 5.32 Å². The first kappa shape index (κ1) is 19.4. The zero-order valence-electron chi connectivity index (χ0n) is 14.0. The number of benzene rings is 1. The lowest BCUT2D eigenvalue weighted by Gasteiger charge is -2.19. The van der Waals surface area contributed by atoms with Gasteiger partial charge in [0.1, 0.15) is 11.4 Å². The minimum atomic E-state index is -1.14. The zero-order valence-corrected chi connectivity index (χ0v) is 14.0. The van der Waals surface area contributed by atoms with Gasteiger partial charge in [-0.15, -0.1) is 0 Å². The standard InChI is InChI=1S/C18H22FNO4/c1-18(2,3)24-17(23)20-11-5-4-6-13-7-9-15(19)14(12-13)8-10-16(21)22/h4,6-10,12H,5,11H2,1-3H3,(H,20,23)(H,21,22)/b6-4?,10-8+. The molecule has 0 saturated heterocycles. The minimum Gasteiger partial charge on any atom is -0.478 e. The number of carboxylic acids is 1. The molecule has 0 aliphatic heterocycles. The third-order valence-corrected chi connectivity index (χ3v) is 2.72. The fourth-order valence-electron chi connectivity index (χ4n) is 1.75. The van der Waals surface area contributed by atoms with Crippen molar-refractivity contribution >= 4 is 24.2 Å². The van der Waals surface area contributed by atoms with Crippen LogP contribution in [0.25, 0.3) is 12.2 Å². The smallest absolute Gasteiger partial charge is 0.407 e. The average molecular weight is 335 g/mol. The molecule has 1 amide bonds. The van der Waals surface area contributed by atoms with E-state index in [-0.39, 0.29) is 5.56 Å². The van der Waals surface area contributed by atoms with Crippen LogP contribution in [-0.4, -0.2) is 29.3 Å². The highest BCUT2D eigenvalue weighted by Crippen LogP contribution is 2.14. The molecular formula is C18H22FNO4. The Labute approximate surface area is 140 Å². The number of alkyl carbamates (subject to hydrolysis) is 1. The number of carbonyl (C=O) groups is 2. The molecule has 0 spiro atoms. The molecule has 6 heteroatoms. The van der Waals surface area contributed by atoms with Crippen LogP contribution in [0.5, 0.6) is 0 Å². The second kappa shape index (κ2) is 8.86. The molecule has 5 nitrogen and oxygen atoms in total. The highest BCUT2D eigenvalue weighted by atomic mass is 19.1. The molecule has 0 atom stereocenters. The molecule has 0 fully saturated rings. The van der Waals surface area contributed by atoms with Gasteiger partial charge >= 0.3 is 12.1 Å². The van der Waals surface area contributed by atoms with Crippen LogP contribution in [0.1, 0.15) is 38.3 Å². The molecule has 0 radical (unpaired) electrons. The Kier molecular flexibility index (Phi) is 7.17. The first-order chi connectivity index (χ1) is 11.2. The third-order valence-electron chi connectivity index (χ3n) is 2.72. The number of carbonyl (C=O) groups excluding carboxylic acids is 1. The van der Waals surface area contributed by atoms with Gasteiger partial charge in [0.05, 0.1) is 0 Å². The lowest BCUT2D eigenvalue weighted by atomic mass is 10.1. The highest BCUT2D eigenvalue weighted by Gasteiger charge is 2.15. The normalized spacial score (nSPS) is 11.8. The number of nitrogens with one attached hydrogen (secondary N) is 1. The Morgan fingerprint density at radius 3 is 2.62 bits per heavy atom. The average Bonchev–Trinajstić information content (AvgIpc) is 2.45. The third kappa shape index (κ3) is 8.12. The summed E-state index contributed by atoms with van der Waals surface area (Å²) in [5.74, 6) is -1.63. The Balaban J connectivity index is 2.52. The molecule has 0 aliphatic carbocycles. The maximum atomic E-state index is 13.6. The molecule has 1 aromatic carbocycles. The highest BCUT2D eigenvalue weighted by molar-refractivity contribution is 5.85. The SMILES string of the molecule is CC(C)(C)OC(=O)NCCC=Cc1ccc(F)c(/C=C/C(=O)O)c1. The number of carboxylic acid groups (broad SMARTS) is 1. The topological polar surface area (TPSA) is 75.6 Å². The first-order valence-corrected chi connectivity index (χ1v) is 7.51. The molecule has 0 aromatic heterocycles. The van der Waals surface area contributed by atoms with Crippen molar-refractivity contribution in [3.05, 3.63) is 47.3 Å². The van der Waals surface area contributed by atoms with Gasteiger partial charge in [-0.25, -0.2) is 14.0 Å². The molecule has 130 valence electrons. The van der Waals surface area contributed by atoms with E-state index >= 15 is 0 Å². The van der Waals surface area contributed by atoms with Gasteiger partial charge in [-0.05, 0) is 51.0 Å². The number of aliphatic carboxylic acids is 1. The zero-order chi connectivity index (χ0) is 18.2. The van der Waals surface area contributed by atoms with Gasteiger partial charge < -0.3 is 15.2 Å². The lowest BCUT2D eigenvalue weighted by Crippen LogP contribution is -2.32. The number of ether oxygens (including phenoxy) is 1. The number of halogens is 1. The summed E-state index contributed by atoms with van der Waals surface area (Å²) in [6, 6.07) is 4.41. The Hall–Kier alpha value is -2.63. The molecule has 2 N–H and O–H groups in total. The van der Waals surface area contributed by atoms with Crippen LogP contribution in [0.15, 0.2) is 30.4 Å². The van der Waals surface area contributed by atoms with Gasteiger partial charge in [-0.1, -0.05) is 18.2 Å². The van der Waals surface area contributed by atoms with Crippen molar-refractivity contribution < 1.29 is 23.8 Å². The molecule has 0 aliphatic rings. The Bertz CT molecular complexity index is 645. The van der Waals surface area contributed by atoms with Crippen LogP contribution < -0.4 is 5.32 Å². The van der Waals surface area contributed by atoms with E-state index < -0.39 is 23.5 Å². The van der Waals surface area contributed by atoms with E-state index in [1.54, 1.807) is 39.0 Å². The predicted octanol–water partition coefficient (Wildman–Crippen LogP) is 3.85. The van der Waals surface area contributed by atoms with Crippen molar-refractivity contribution in [1.29, 1.82) is 0 Å². The van der Waals surface area contributed by atoms with E-state index in [1.807, 2.05) is 6.08 Å². The van der Waals surface area contributed by atoms with Crippen molar-refractivity contribution in [2.24, 2.45) is 0 Å². The summed E-state index contributed by atoms with van der Waals surface area (Å²) in [5, 5.41) is 11.2. The summed E-state index contributed by atoms with van der Waals surface area (Å²) >= 11 is 0. The van der Waals surface area contributed by atoms with Crippen LogP contribution >= 0.6 is 0 Å². The van der Waals surface area contributed by atoms with E-state index in [1.165, 1.54) is 12.1 Å². The number of hydrogen-bond donors (Lipinski definition) is 2. The van der Waals surface area contributed by atoms with Crippen LogP contribution in [-0.2, 0) is 9.53 Å². The van der Waals surface area contributed by atoms with Gasteiger partial charge in [0.15, 0.2) is 0 Å². The van der Waals surface area contributed by atoms with E-state index in [4.69, 9.17) is 9.84 Å². The van der Waals surface area contributed by atoms with Crippen molar-refractivity contribution in [3.63, 3.8) is 0 Å². The van der Waals surface area contributed by atoms with Crippen molar-refractivity contribution in [2.45, 2.75) is 32.8 Å². The van der Waals surface area contributed by atoms with Gasteiger partial charge in [0.25, 0.3) is 0 Å². The maximum Gasteiger partial charge on any atom is 0.407 e. The number of hydrogen-bond acceptors (Lipinski definition) is 3. The molecule has 0 saturated carbocycles. The van der Waals surface area contributed by atoms with Gasteiger partial charge in [-0.2, -0.15) is 0 Å². The van der Waals surface area contributed by atoms with E-state index in [0.29, 0.717) is 13.0 Å². The monoisotopic (exact) mass is 335 g/mol. The van der Waals surface area contributed by atoms with Crippen LogP contribution in [0, 0.1) is 5.82 Å². The van der Waals surface area contributed by atoms with Gasteiger partial charge in [-0.3, -0.25) is 0 Å². The molecule has 1 aromatic rings. The first-order valence-electron chi connectivity index (χ1n) is 7.51. The summed E-state index contributed by atoms with van der Waals surface area (Å²) in [6.07, 6.45) is 5.80. The maximum absolute atomic E-state index is 13.6. The number of amides is 1. The minimum absolute atomic E-state index is 0.200. The summed E-state index contributed by atoms with van der Waals surface area (Å²) in [5.41, 5.74) is 0.401. The lowest BCUT2D eigenvalue weighted by molar-refractivity contribution is -0.131. The summed E-state index contributed by atoms with van der Waals surface area (Å²) in [7, 11) is 0. The Morgan fingerprint density at radius 2 is 2.00 bits per heavy atom. The quantitative estimate of drug-likeness (QED) is 0.611. The molecule has 0 bridgehead atoms. The largest absolute Gasteiger partial charge is 0.478 e. The summed E-state index contributed by atoms with van der Waals surface area (Å²) in [4.78, 5) is 21.9. The van der Waals surface area contributed by atoms with Crippen molar-refractivity contribution in [3.8, 4) is 0 Å². The summed E-state index contributed by atoms with van der Waals surface area (Å²) < 4.78 is 18.7. The van der Waals surface area contributed by atoms with E-state index in [9.17, 15) is 14.0 Å². The molecule has 24 heavy (non-hydrogen) atoms. The molecule has 0 unspecified atom stereocenters. The van der Waals surface area contributed by atoms with Crippen molar-refractivity contribution in [1.82, 2.24) is 5.32 Å². The molecular weight excluding hydrogens is 313 g/mol. The predicted molar refractivity (Wildman–Crippen MR) is 91.0 cm³/mol. The Morgan fingerprint density at radius 1 is 1.29 bits per heavy atom. The van der Waals surface area contributed by atoms with Gasteiger partial charge in [0, 0.05) is 18.2 Å². The fourth-order valence-corrected chi connectivity index (χ4v) is 1.75. The fraction of sp³-hybridized carbons (Fsp3) is 0.333. The second-order valence-electron chi connectivity index (χ2n) is 6.07. The molecule has 0 heterocycles. The van der Waals surface area contributed by atoms with Crippen LogP contribution in [0.4, 0.5) is 9.18 Å². The van der Waals surface area contributed by atoms with Crippen LogP contribution in [0.2, 0.25) is 0 Å². The van der Waals surface area contributed by atoms with Crippen molar-refractivity contribution in [2.75, 3.05) is 6.54 Å². The number of rotatable bonds is 6. The molecule has 1 rings (SSSR count). The van der Waals surface area contributed by atoms with Gasteiger partial charge in [0.2, 0.25) is 0 Å². The second-order valence-corrected chi connectivity index (χ2v) is 6.07.